The van der Waals surface area contributed by atoms with Gasteiger partial charge in [-0.3, -0.25) is 0 Å². The van der Waals surface area contributed by atoms with E-state index in [1.165, 1.54) is 13.3 Å². The predicted molar refractivity (Wildman–Crippen MR) is 64.6 cm³/mol. The first-order chi connectivity index (χ1) is 8.70. The number of hydrogen-bond acceptors (Lipinski definition) is 5. The normalized spacial score (nSPS) is 11.0. The zero-order valence-electron chi connectivity index (χ0n) is 9.29. The summed E-state index contributed by atoms with van der Waals surface area (Å²) in [5.74, 6) is -0.650. The molecule has 6 nitrogen and oxygen atoms in total. The molecule has 3 aromatic rings. The molecule has 0 radical (unpaired) electrons. The third-order valence-electron chi connectivity index (χ3n) is 2.54. The van der Waals surface area contributed by atoms with Crippen molar-refractivity contribution >= 4 is 34.3 Å². The number of halogens is 1. The van der Waals surface area contributed by atoms with Crippen molar-refractivity contribution in [3.63, 3.8) is 0 Å². The van der Waals surface area contributed by atoms with E-state index < -0.39 is 5.97 Å². The van der Waals surface area contributed by atoms with Crippen LogP contribution < -0.4 is 0 Å². The van der Waals surface area contributed by atoms with Crippen molar-refractivity contribution in [1.82, 2.24) is 19.4 Å². The maximum Gasteiger partial charge on any atom is 0.376 e. The fourth-order valence-corrected chi connectivity index (χ4v) is 1.95. The molecule has 0 spiro atoms. The van der Waals surface area contributed by atoms with E-state index in [1.54, 1.807) is 0 Å². The fourth-order valence-electron chi connectivity index (χ4n) is 1.72. The molecule has 0 aromatic carbocycles. The van der Waals surface area contributed by atoms with Gasteiger partial charge in [-0.2, -0.15) is 0 Å². The van der Waals surface area contributed by atoms with E-state index >= 15 is 0 Å². The van der Waals surface area contributed by atoms with Crippen LogP contribution in [0.5, 0.6) is 0 Å². The number of carbonyl (C=O) groups is 1. The van der Waals surface area contributed by atoms with E-state index in [2.05, 4.69) is 19.7 Å². The second kappa shape index (κ2) is 3.92. The van der Waals surface area contributed by atoms with Crippen LogP contribution in [-0.2, 0) is 4.74 Å². The highest BCUT2D eigenvalue weighted by Gasteiger charge is 2.13. The van der Waals surface area contributed by atoms with Gasteiger partial charge in [-0.15, -0.1) is 0 Å². The Bertz CT molecular complexity index is 768. The largest absolute Gasteiger partial charge is 0.463 e. The lowest BCUT2D eigenvalue weighted by Gasteiger charge is -2.04. The molecular formula is C11H7ClN4O2. The molecule has 0 N–H and O–H groups in total. The second-order valence-electron chi connectivity index (χ2n) is 3.56. The van der Waals surface area contributed by atoms with Crippen LogP contribution in [0.3, 0.4) is 0 Å². The molecule has 0 bridgehead atoms. The van der Waals surface area contributed by atoms with Gasteiger partial charge in [0.05, 0.1) is 18.8 Å². The van der Waals surface area contributed by atoms with E-state index in [1.807, 2.05) is 22.7 Å². The molecule has 18 heavy (non-hydrogen) atoms. The van der Waals surface area contributed by atoms with E-state index in [0.717, 1.165) is 5.52 Å². The highest BCUT2D eigenvalue weighted by Crippen LogP contribution is 2.20. The van der Waals surface area contributed by atoms with E-state index in [4.69, 9.17) is 11.6 Å². The van der Waals surface area contributed by atoms with Gasteiger partial charge < -0.3 is 9.14 Å². The highest BCUT2D eigenvalue weighted by molar-refractivity contribution is 6.33. The molecule has 3 heterocycles. The first-order valence-electron chi connectivity index (χ1n) is 5.08. The number of rotatable bonds is 1. The number of esters is 1. The molecule has 0 aliphatic carbocycles. The third kappa shape index (κ3) is 1.50. The summed E-state index contributed by atoms with van der Waals surface area (Å²) in [6, 6.07) is 3.68. The third-order valence-corrected chi connectivity index (χ3v) is 2.82. The molecule has 0 saturated carbocycles. The van der Waals surface area contributed by atoms with Crippen LogP contribution in [0.1, 0.15) is 10.6 Å². The Labute approximate surface area is 106 Å². The van der Waals surface area contributed by atoms with Gasteiger partial charge in [-0.1, -0.05) is 11.6 Å². The quantitative estimate of drug-likeness (QED) is 0.625. The van der Waals surface area contributed by atoms with Crippen molar-refractivity contribution in [2.75, 3.05) is 7.11 Å². The van der Waals surface area contributed by atoms with Crippen molar-refractivity contribution in [3.8, 4) is 0 Å². The van der Waals surface area contributed by atoms with E-state index in [9.17, 15) is 4.79 Å². The first kappa shape index (κ1) is 10.9. The predicted octanol–water partition coefficient (Wildman–Crippen LogP) is 1.72. The van der Waals surface area contributed by atoms with Crippen LogP contribution >= 0.6 is 11.6 Å². The van der Waals surface area contributed by atoms with Gasteiger partial charge in [0.2, 0.25) is 5.82 Å². The topological polar surface area (TPSA) is 69.4 Å². The summed E-state index contributed by atoms with van der Waals surface area (Å²) in [5.41, 5.74) is 1.78. The average molecular weight is 263 g/mol. The molecule has 0 saturated heterocycles. The van der Waals surface area contributed by atoms with Gasteiger partial charge in [0.1, 0.15) is 5.52 Å². The number of methoxy groups -OCH3 is 1. The van der Waals surface area contributed by atoms with Crippen LogP contribution in [0, 0.1) is 0 Å². The number of ether oxygens (including phenoxy) is 1. The molecule has 0 unspecified atom stereocenters. The minimum atomic E-state index is -0.609. The number of nitrogens with zero attached hydrogens (tertiary/aromatic N) is 4. The monoisotopic (exact) mass is 262 g/mol. The lowest BCUT2D eigenvalue weighted by molar-refractivity contribution is 0.0587. The molecule has 90 valence electrons. The van der Waals surface area contributed by atoms with Gasteiger partial charge in [0.15, 0.2) is 10.8 Å². The van der Waals surface area contributed by atoms with Gasteiger partial charge in [0, 0.05) is 6.20 Å². The standard InChI is InChI=1S/C11H7ClN4O2/c1-18-11(17)10-13-5-7-9(15-10)14-8(12)6-3-2-4-16(6)7/h2-5H,1H3. The maximum atomic E-state index is 11.3. The Morgan fingerprint density at radius 2 is 2.22 bits per heavy atom. The molecule has 0 atom stereocenters. The zero-order chi connectivity index (χ0) is 12.7. The Morgan fingerprint density at radius 3 is 3.00 bits per heavy atom. The molecule has 0 fully saturated rings. The molecule has 3 aromatic heterocycles. The summed E-state index contributed by atoms with van der Waals surface area (Å²) in [7, 11) is 1.27. The first-order valence-corrected chi connectivity index (χ1v) is 5.46. The average Bonchev–Trinajstić information content (AvgIpc) is 2.87. The number of carbonyl (C=O) groups excluding carboxylic acids is 1. The van der Waals surface area contributed by atoms with E-state index in [-0.39, 0.29) is 5.82 Å². The summed E-state index contributed by atoms with van der Waals surface area (Å²) in [6.07, 6.45) is 3.34. The zero-order valence-corrected chi connectivity index (χ0v) is 10.0. The number of fused-ring (bicyclic) bond motifs is 3. The summed E-state index contributed by atoms with van der Waals surface area (Å²) in [4.78, 5) is 23.5. The fraction of sp³-hybridized carbons (Fsp3) is 0.0909. The van der Waals surface area contributed by atoms with Crippen molar-refractivity contribution in [2.24, 2.45) is 0 Å². The Morgan fingerprint density at radius 1 is 1.39 bits per heavy atom. The minimum absolute atomic E-state index is 0.0416. The summed E-state index contributed by atoms with van der Waals surface area (Å²) < 4.78 is 6.37. The molecule has 0 aliphatic rings. The molecule has 3 rings (SSSR count). The van der Waals surface area contributed by atoms with Gasteiger partial charge in [-0.05, 0) is 12.1 Å². The Hall–Kier alpha value is -2.21. The van der Waals surface area contributed by atoms with Crippen LogP contribution in [0.4, 0.5) is 0 Å². The van der Waals surface area contributed by atoms with Crippen LogP contribution in [0.2, 0.25) is 5.15 Å². The van der Waals surface area contributed by atoms with Gasteiger partial charge in [-0.25, -0.2) is 19.7 Å². The van der Waals surface area contributed by atoms with E-state index in [0.29, 0.717) is 16.3 Å². The SMILES string of the molecule is COC(=O)c1ncc2c(n1)nc(Cl)c1cccn12. The second-order valence-corrected chi connectivity index (χ2v) is 3.92. The lowest BCUT2D eigenvalue weighted by Crippen LogP contribution is -2.08. The van der Waals surface area contributed by atoms with Crippen molar-refractivity contribution < 1.29 is 9.53 Å². The van der Waals surface area contributed by atoms with Crippen LogP contribution in [-0.4, -0.2) is 32.4 Å². The minimum Gasteiger partial charge on any atom is -0.463 e. The maximum absolute atomic E-state index is 11.3. The summed E-state index contributed by atoms with van der Waals surface area (Å²) in [6.45, 7) is 0. The highest BCUT2D eigenvalue weighted by atomic mass is 35.5. The summed E-state index contributed by atoms with van der Waals surface area (Å²) in [5, 5.41) is 0.321. The van der Waals surface area contributed by atoms with Crippen LogP contribution in [0.15, 0.2) is 24.5 Å². The van der Waals surface area contributed by atoms with Gasteiger partial charge in [0.25, 0.3) is 0 Å². The summed E-state index contributed by atoms with van der Waals surface area (Å²) >= 11 is 6.03. The molecule has 0 aliphatic heterocycles. The number of aromatic nitrogens is 4. The molecule has 7 heteroatoms. The molecule has 0 amide bonds. The van der Waals surface area contributed by atoms with Gasteiger partial charge >= 0.3 is 5.97 Å². The smallest absolute Gasteiger partial charge is 0.376 e. The Balaban J connectivity index is 2.35. The lowest BCUT2D eigenvalue weighted by atomic mass is 10.4. The molecular weight excluding hydrogens is 256 g/mol. The Kier molecular flexibility index (Phi) is 2.38. The van der Waals surface area contributed by atoms with Crippen LogP contribution in [0.25, 0.3) is 16.7 Å². The number of hydrogen-bond donors (Lipinski definition) is 0. The van der Waals surface area contributed by atoms with Crippen molar-refractivity contribution in [1.29, 1.82) is 0 Å². The van der Waals surface area contributed by atoms with Crippen molar-refractivity contribution in [3.05, 3.63) is 35.5 Å². The van der Waals surface area contributed by atoms with Crippen molar-refractivity contribution in [2.45, 2.75) is 0 Å².